The Morgan fingerprint density at radius 1 is 0.886 bits per heavy atom. The van der Waals surface area contributed by atoms with Crippen LogP contribution in [0.3, 0.4) is 0 Å². The highest BCUT2D eigenvalue weighted by Crippen LogP contribution is 2.26. The van der Waals surface area contributed by atoms with E-state index in [9.17, 15) is 4.79 Å². The number of hydrogen-bond donors (Lipinski definition) is 0. The first-order valence-electron chi connectivity index (χ1n) is 12.6. The maximum absolute atomic E-state index is 12.6. The van der Waals surface area contributed by atoms with Gasteiger partial charge in [-0.2, -0.15) is 0 Å². The summed E-state index contributed by atoms with van der Waals surface area (Å²) in [5, 5.41) is 0. The van der Waals surface area contributed by atoms with E-state index in [1.165, 1.54) is 11.1 Å². The van der Waals surface area contributed by atoms with Crippen molar-refractivity contribution in [2.24, 2.45) is 0 Å². The predicted octanol–water partition coefficient (Wildman–Crippen LogP) is 6.06. The zero-order valence-electron chi connectivity index (χ0n) is 20.5. The summed E-state index contributed by atoms with van der Waals surface area (Å²) in [5.41, 5.74) is 3.66. The summed E-state index contributed by atoms with van der Waals surface area (Å²) < 4.78 is 17.7. The Hall–Kier alpha value is -3.31. The Bertz CT molecular complexity index is 1040. The number of carbonyl (C=O) groups is 1. The van der Waals surface area contributed by atoms with Crippen LogP contribution in [0, 0.1) is 0 Å². The SMILES string of the molecule is CCOC(=O)N1C[C@H](OCc2ccccc2)C[C@H]1CCOc1ccccc1CCc1ccccc1. The molecule has 3 aromatic rings. The summed E-state index contributed by atoms with van der Waals surface area (Å²) in [6.45, 7) is 3.82. The van der Waals surface area contributed by atoms with E-state index in [-0.39, 0.29) is 18.2 Å². The summed E-state index contributed by atoms with van der Waals surface area (Å²) in [4.78, 5) is 14.4. The highest BCUT2D eigenvalue weighted by atomic mass is 16.6. The van der Waals surface area contributed by atoms with Gasteiger partial charge in [-0.25, -0.2) is 4.79 Å². The van der Waals surface area contributed by atoms with Gasteiger partial charge >= 0.3 is 6.09 Å². The Morgan fingerprint density at radius 2 is 1.57 bits per heavy atom. The van der Waals surface area contributed by atoms with Gasteiger partial charge in [-0.1, -0.05) is 78.9 Å². The molecule has 1 amide bonds. The molecule has 0 bridgehead atoms. The van der Waals surface area contributed by atoms with Gasteiger partial charge in [0, 0.05) is 12.5 Å². The Balaban J connectivity index is 1.31. The van der Waals surface area contributed by atoms with Crippen molar-refractivity contribution in [2.75, 3.05) is 19.8 Å². The summed E-state index contributed by atoms with van der Waals surface area (Å²) in [5.74, 6) is 0.918. The van der Waals surface area contributed by atoms with Gasteiger partial charge in [-0.15, -0.1) is 0 Å². The van der Waals surface area contributed by atoms with E-state index in [2.05, 4.69) is 48.5 Å². The predicted molar refractivity (Wildman–Crippen MR) is 138 cm³/mol. The highest BCUT2D eigenvalue weighted by Gasteiger charge is 2.36. The van der Waals surface area contributed by atoms with Gasteiger partial charge in [0.2, 0.25) is 0 Å². The van der Waals surface area contributed by atoms with Gasteiger partial charge in [-0.3, -0.25) is 0 Å². The molecule has 1 heterocycles. The second kappa shape index (κ2) is 13.0. The van der Waals surface area contributed by atoms with E-state index in [1.807, 2.05) is 48.2 Å². The lowest BCUT2D eigenvalue weighted by Gasteiger charge is -2.23. The molecule has 2 atom stereocenters. The number of ether oxygens (including phenoxy) is 3. The van der Waals surface area contributed by atoms with Crippen molar-refractivity contribution in [2.45, 2.75) is 51.4 Å². The van der Waals surface area contributed by atoms with E-state index < -0.39 is 0 Å². The van der Waals surface area contributed by atoms with Crippen LogP contribution in [0.2, 0.25) is 0 Å². The average Bonchev–Trinajstić information content (AvgIpc) is 3.31. The monoisotopic (exact) mass is 473 g/mol. The number of para-hydroxylation sites is 1. The molecule has 0 radical (unpaired) electrons. The van der Waals surface area contributed by atoms with Crippen LogP contribution in [0.4, 0.5) is 4.79 Å². The molecule has 184 valence electrons. The molecule has 0 spiro atoms. The van der Waals surface area contributed by atoms with Crippen LogP contribution >= 0.6 is 0 Å². The van der Waals surface area contributed by atoms with E-state index in [4.69, 9.17) is 14.2 Å². The summed E-state index contributed by atoms with van der Waals surface area (Å²) in [7, 11) is 0. The number of aryl methyl sites for hydroxylation is 2. The first-order valence-corrected chi connectivity index (χ1v) is 12.6. The van der Waals surface area contributed by atoms with Crippen LogP contribution in [0.1, 0.15) is 36.5 Å². The Labute approximate surface area is 208 Å². The molecule has 1 fully saturated rings. The summed E-state index contributed by atoms with van der Waals surface area (Å²) in [6, 6.07) is 28.9. The third-order valence-electron chi connectivity index (χ3n) is 6.41. The second-order valence-electron chi connectivity index (χ2n) is 8.89. The van der Waals surface area contributed by atoms with Crippen molar-refractivity contribution in [1.29, 1.82) is 0 Å². The van der Waals surface area contributed by atoms with Crippen molar-refractivity contribution in [3.63, 3.8) is 0 Å². The van der Waals surface area contributed by atoms with Gasteiger partial charge < -0.3 is 19.1 Å². The minimum Gasteiger partial charge on any atom is -0.493 e. The molecule has 0 N–H and O–H groups in total. The molecule has 1 saturated heterocycles. The maximum atomic E-state index is 12.6. The standard InChI is InChI=1S/C30H35NO4/c1-2-33-30(32)31-22-28(35-23-25-13-7-4-8-14-25)21-27(31)19-20-34-29-16-10-9-15-26(29)18-17-24-11-5-3-6-12-24/h3-16,27-28H,2,17-23H2,1H3/t27-,28-/m1/s1. The molecule has 0 saturated carbocycles. The lowest BCUT2D eigenvalue weighted by molar-refractivity contribution is 0.0442. The van der Waals surface area contributed by atoms with Gasteiger partial charge in [0.25, 0.3) is 0 Å². The van der Waals surface area contributed by atoms with Crippen molar-refractivity contribution < 1.29 is 19.0 Å². The van der Waals surface area contributed by atoms with E-state index in [0.29, 0.717) is 26.4 Å². The fraction of sp³-hybridized carbons (Fsp3) is 0.367. The average molecular weight is 474 g/mol. The van der Waals surface area contributed by atoms with Crippen LogP contribution < -0.4 is 4.74 Å². The molecule has 35 heavy (non-hydrogen) atoms. The molecule has 1 aliphatic heterocycles. The number of carbonyl (C=O) groups excluding carboxylic acids is 1. The summed E-state index contributed by atoms with van der Waals surface area (Å²) in [6.07, 6.45) is 3.13. The molecule has 3 aromatic carbocycles. The number of rotatable bonds is 11. The smallest absolute Gasteiger partial charge is 0.410 e. The molecule has 1 aliphatic rings. The van der Waals surface area contributed by atoms with E-state index >= 15 is 0 Å². The number of nitrogens with zero attached hydrogens (tertiary/aromatic N) is 1. The Kier molecular flexibility index (Phi) is 9.18. The van der Waals surface area contributed by atoms with Crippen LogP contribution in [0.15, 0.2) is 84.9 Å². The number of hydrogen-bond acceptors (Lipinski definition) is 4. The lowest BCUT2D eigenvalue weighted by atomic mass is 10.0. The number of likely N-dealkylation sites (tertiary alicyclic amines) is 1. The quantitative estimate of drug-likeness (QED) is 0.340. The lowest BCUT2D eigenvalue weighted by Crippen LogP contribution is -2.37. The second-order valence-corrected chi connectivity index (χ2v) is 8.89. The van der Waals surface area contributed by atoms with Crippen LogP contribution in [-0.4, -0.2) is 42.9 Å². The van der Waals surface area contributed by atoms with E-state index in [0.717, 1.165) is 37.0 Å². The zero-order chi connectivity index (χ0) is 24.3. The van der Waals surface area contributed by atoms with Gasteiger partial charge in [-0.05, 0) is 48.9 Å². The molecular weight excluding hydrogens is 438 g/mol. The minimum absolute atomic E-state index is 0.0113. The largest absolute Gasteiger partial charge is 0.493 e. The van der Waals surface area contributed by atoms with Crippen molar-refractivity contribution >= 4 is 6.09 Å². The van der Waals surface area contributed by atoms with Gasteiger partial charge in [0.05, 0.1) is 32.5 Å². The van der Waals surface area contributed by atoms with Crippen LogP contribution in [-0.2, 0) is 28.9 Å². The molecule has 4 rings (SSSR count). The Morgan fingerprint density at radius 3 is 2.31 bits per heavy atom. The minimum atomic E-state index is -0.272. The molecule has 5 nitrogen and oxygen atoms in total. The van der Waals surface area contributed by atoms with Gasteiger partial charge in [0.1, 0.15) is 5.75 Å². The van der Waals surface area contributed by atoms with Gasteiger partial charge in [0.15, 0.2) is 0 Å². The molecular formula is C30H35NO4. The molecule has 0 unspecified atom stereocenters. The van der Waals surface area contributed by atoms with Crippen LogP contribution in [0.5, 0.6) is 5.75 Å². The molecule has 5 heteroatoms. The fourth-order valence-corrected chi connectivity index (χ4v) is 4.57. The highest BCUT2D eigenvalue weighted by molar-refractivity contribution is 5.68. The normalized spacial score (nSPS) is 17.3. The zero-order valence-corrected chi connectivity index (χ0v) is 20.5. The molecule has 0 aromatic heterocycles. The number of benzene rings is 3. The first-order chi connectivity index (χ1) is 17.2. The fourth-order valence-electron chi connectivity index (χ4n) is 4.57. The summed E-state index contributed by atoms with van der Waals surface area (Å²) >= 11 is 0. The third kappa shape index (κ3) is 7.33. The number of amides is 1. The maximum Gasteiger partial charge on any atom is 0.410 e. The molecule has 0 aliphatic carbocycles. The van der Waals surface area contributed by atoms with Crippen molar-refractivity contribution in [3.8, 4) is 5.75 Å². The third-order valence-corrected chi connectivity index (χ3v) is 6.41. The first kappa shape index (κ1) is 24.8. The van der Waals surface area contributed by atoms with Crippen molar-refractivity contribution in [3.05, 3.63) is 102 Å². The topological polar surface area (TPSA) is 48.0 Å². The van der Waals surface area contributed by atoms with Crippen LogP contribution in [0.25, 0.3) is 0 Å². The van der Waals surface area contributed by atoms with Crippen molar-refractivity contribution in [1.82, 2.24) is 4.90 Å². The van der Waals surface area contributed by atoms with E-state index in [1.54, 1.807) is 0 Å².